The van der Waals surface area contributed by atoms with Crippen molar-refractivity contribution in [1.29, 1.82) is 0 Å². The van der Waals surface area contributed by atoms with E-state index in [0.29, 0.717) is 11.7 Å². The number of carboxylic acid groups (broad SMARTS) is 1. The molecule has 0 radical (unpaired) electrons. The minimum absolute atomic E-state index is 0.00549. The highest BCUT2D eigenvalue weighted by Gasteiger charge is 2.47. The van der Waals surface area contributed by atoms with Crippen LogP contribution < -0.4 is 5.32 Å². The zero-order chi connectivity index (χ0) is 14.0. The number of carbonyl (C=O) groups excluding carboxylic acids is 2. The van der Waals surface area contributed by atoms with Gasteiger partial charge < -0.3 is 15.3 Å². The molecule has 0 aromatic rings. The number of aliphatic carboxylic acids is 1. The smallest absolute Gasteiger partial charge is 0.327 e. The lowest BCUT2D eigenvalue weighted by Crippen LogP contribution is -2.47. The molecule has 1 heterocycles. The van der Waals surface area contributed by atoms with E-state index in [1.165, 1.54) is 11.8 Å². The van der Waals surface area contributed by atoms with Gasteiger partial charge in [0.25, 0.3) is 0 Å². The van der Waals surface area contributed by atoms with Gasteiger partial charge in [-0.3, -0.25) is 9.59 Å². The number of nitrogens with zero attached hydrogens (tertiary/aromatic N) is 1. The molecule has 7 heteroatoms. The second-order valence-corrected chi connectivity index (χ2v) is 6.10. The van der Waals surface area contributed by atoms with Gasteiger partial charge in [0.05, 0.1) is 5.37 Å². The molecule has 2 aliphatic rings. The summed E-state index contributed by atoms with van der Waals surface area (Å²) in [6, 6.07) is -0.722. The number of carboxylic acids is 1. The molecule has 0 aromatic heterocycles. The van der Waals surface area contributed by atoms with Gasteiger partial charge in [-0.15, -0.1) is 11.8 Å². The Morgan fingerprint density at radius 1 is 1.37 bits per heavy atom. The van der Waals surface area contributed by atoms with E-state index < -0.39 is 12.0 Å². The first-order valence-electron chi connectivity index (χ1n) is 6.40. The zero-order valence-corrected chi connectivity index (χ0v) is 11.6. The molecule has 1 aliphatic heterocycles. The monoisotopic (exact) mass is 286 g/mol. The maximum atomic E-state index is 12.2. The summed E-state index contributed by atoms with van der Waals surface area (Å²) in [6.07, 6.45) is 2.30. The summed E-state index contributed by atoms with van der Waals surface area (Å²) in [6.45, 7) is 1.66. The molecule has 2 unspecified atom stereocenters. The molecule has 0 spiro atoms. The van der Waals surface area contributed by atoms with Crippen molar-refractivity contribution >= 4 is 29.5 Å². The zero-order valence-electron chi connectivity index (χ0n) is 10.8. The van der Waals surface area contributed by atoms with Crippen LogP contribution in [0.4, 0.5) is 0 Å². The molecule has 1 aliphatic carbocycles. The molecule has 2 rings (SSSR count). The molecule has 1 saturated heterocycles. The van der Waals surface area contributed by atoms with Crippen molar-refractivity contribution in [3.05, 3.63) is 0 Å². The average Bonchev–Trinajstić information content (AvgIpc) is 3.06. The van der Waals surface area contributed by atoms with Crippen molar-refractivity contribution < 1.29 is 19.5 Å². The average molecular weight is 286 g/mol. The van der Waals surface area contributed by atoms with E-state index in [-0.39, 0.29) is 30.2 Å². The standard InChI is InChI=1S/C12H18N2O4S/c1-7(15)13-5-4-10(16)14-9(12(17)18)6-19-11(14)8-2-3-8/h8-9,11H,2-6H2,1H3,(H,13,15)(H,17,18). The number of hydrogen-bond donors (Lipinski definition) is 2. The third kappa shape index (κ3) is 3.40. The summed E-state index contributed by atoms with van der Waals surface area (Å²) >= 11 is 1.56. The highest BCUT2D eigenvalue weighted by atomic mass is 32.2. The molecule has 19 heavy (non-hydrogen) atoms. The Bertz CT molecular complexity index is 397. The SMILES string of the molecule is CC(=O)NCCC(=O)N1C(C(=O)O)CSC1C1CC1. The van der Waals surface area contributed by atoms with Gasteiger partial charge in [0.2, 0.25) is 11.8 Å². The van der Waals surface area contributed by atoms with Crippen LogP contribution in [0.5, 0.6) is 0 Å². The van der Waals surface area contributed by atoms with Crippen LogP contribution in [0, 0.1) is 5.92 Å². The Balaban J connectivity index is 1.97. The molecule has 0 aromatic carbocycles. The largest absolute Gasteiger partial charge is 0.480 e. The molecule has 2 amide bonds. The first kappa shape index (κ1) is 14.2. The first-order chi connectivity index (χ1) is 9.00. The van der Waals surface area contributed by atoms with Gasteiger partial charge in [0, 0.05) is 25.6 Å². The van der Waals surface area contributed by atoms with E-state index >= 15 is 0 Å². The summed E-state index contributed by atoms with van der Waals surface area (Å²) < 4.78 is 0. The third-order valence-electron chi connectivity index (χ3n) is 3.35. The lowest BCUT2D eigenvalue weighted by molar-refractivity contribution is -0.149. The maximum absolute atomic E-state index is 12.2. The molecule has 6 nitrogen and oxygen atoms in total. The number of thioether (sulfide) groups is 1. The van der Waals surface area contributed by atoms with Gasteiger partial charge in [-0.2, -0.15) is 0 Å². The first-order valence-corrected chi connectivity index (χ1v) is 7.45. The normalized spacial score (nSPS) is 26.3. The van der Waals surface area contributed by atoms with Crippen molar-refractivity contribution in [2.45, 2.75) is 37.6 Å². The molecule has 2 N–H and O–H groups in total. The minimum Gasteiger partial charge on any atom is -0.480 e. The molecule has 2 atom stereocenters. The summed E-state index contributed by atoms with van der Waals surface area (Å²) in [5, 5.41) is 11.8. The van der Waals surface area contributed by atoms with Gasteiger partial charge in [0.15, 0.2) is 0 Å². The quantitative estimate of drug-likeness (QED) is 0.758. The molecule has 1 saturated carbocycles. The van der Waals surface area contributed by atoms with Crippen molar-refractivity contribution in [3.8, 4) is 0 Å². The number of amides is 2. The van der Waals surface area contributed by atoms with Crippen molar-refractivity contribution in [2.24, 2.45) is 5.92 Å². The summed E-state index contributed by atoms with van der Waals surface area (Å²) in [4.78, 5) is 35.7. The van der Waals surface area contributed by atoms with E-state index in [0.717, 1.165) is 12.8 Å². The van der Waals surface area contributed by atoms with Crippen molar-refractivity contribution in [2.75, 3.05) is 12.3 Å². The van der Waals surface area contributed by atoms with Crippen LogP contribution in [0.15, 0.2) is 0 Å². The van der Waals surface area contributed by atoms with E-state index in [2.05, 4.69) is 5.32 Å². The maximum Gasteiger partial charge on any atom is 0.327 e. The molecular weight excluding hydrogens is 268 g/mol. The van der Waals surface area contributed by atoms with Crippen LogP contribution in [-0.4, -0.2) is 51.5 Å². The predicted molar refractivity (Wildman–Crippen MR) is 70.5 cm³/mol. The molecule has 106 valence electrons. The highest BCUT2D eigenvalue weighted by Crippen LogP contribution is 2.45. The Morgan fingerprint density at radius 2 is 2.05 bits per heavy atom. The number of carbonyl (C=O) groups is 3. The molecule has 2 fully saturated rings. The van der Waals surface area contributed by atoms with Crippen LogP contribution in [0.2, 0.25) is 0 Å². The van der Waals surface area contributed by atoms with E-state index in [9.17, 15) is 19.5 Å². The Labute approximate surface area is 115 Å². The van der Waals surface area contributed by atoms with Crippen molar-refractivity contribution in [3.63, 3.8) is 0 Å². The summed E-state index contributed by atoms with van der Waals surface area (Å²) in [7, 11) is 0. The number of rotatable bonds is 5. The Kier molecular flexibility index (Phi) is 4.34. The van der Waals surface area contributed by atoms with Gasteiger partial charge >= 0.3 is 5.97 Å². The summed E-state index contributed by atoms with van der Waals surface area (Å²) in [5.74, 6) is -0.398. The molecule has 0 bridgehead atoms. The highest BCUT2D eigenvalue weighted by molar-refractivity contribution is 8.00. The van der Waals surface area contributed by atoms with Crippen LogP contribution >= 0.6 is 11.8 Å². The topological polar surface area (TPSA) is 86.7 Å². The summed E-state index contributed by atoms with van der Waals surface area (Å²) in [5.41, 5.74) is 0. The Hall–Kier alpha value is -1.24. The predicted octanol–water partition coefficient (Wildman–Crippen LogP) is 0.277. The number of nitrogens with one attached hydrogen (secondary N) is 1. The minimum atomic E-state index is -0.941. The fraction of sp³-hybridized carbons (Fsp3) is 0.750. The lowest BCUT2D eigenvalue weighted by atomic mass is 10.2. The van der Waals surface area contributed by atoms with E-state index in [1.807, 2.05) is 0 Å². The van der Waals surface area contributed by atoms with Crippen LogP contribution in [-0.2, 0) is 14.4 Å². The van der Waals surface area contributed by atoms with Gasteiger partial charge in [0.1, 0.15) is 6.04 Å². The van der Waals surface area contributed by atoms with Crippen molar-refractivity contribution in [1.82, 2.24) is 10.2 Å². The van der Waals surface area contributed by atoms with Gasteiger partial charge in [-0.25, -0.2) is 4.79 Å². The second-order valence-electron chi connectivity index (χ2n) is 4.95. The van der Waals surface area contributed by atoms with Crippen LogP contribution in [0.25, 0.3) is 0 Å². The second kappa shape index (κ2) is 5.81. The van der Waals surface area contributed by atoms with E-state index in [4.69, 9.17) is 0 Å². The van der Waals surface area contributed by atoms with Gasteiger partial charge in [-0.05, 0) is 18.8 Å². The third-order valence-corrected chi connectivity index (χ3v) is 4.81. The van der Waals surface area contributed by atoms with Crippen LogP contribution in [0.1, 0.15) is 26.2 Å². The van der Waals surface area contributed by atoms with Crippen LogP contribution in [0.3, 0.4) is 0 Å². The Morgan fingerprint density at radius 3 is 2.58 bits per heavy atom. The van der Waals surface area contributed by atoms with E-state index in [1.54, 1.807) is 11.8 Å². The fourth-order valence-electron chi connectivity index (χ4n) is 2.25. The molecular formula is C12H18N2O4S. The fourth-order valence-corrected chi connectivity index (χ4v) is 3.90. The number of hydrogen-bond acceptors (Lipinski definition) is 4. The lowest BCUT2D eigenvalue weighted by Gasteiger charge is -2.27. The van der Waals surface area contributed by atoms with Gasteiger partial charge in [-0.1, -0.05) is 0 Å².